The van der Waals surface area contributed by atoms with Crippen molar-refractivity contribution < 1.29 is 27.8 Å². The monoisotopic (exact) mass is 439 g/mol. The number of halogens is 1. The second kappa shape index (κ2) is 7.94. The van der Waals surface area contributed by atoms with Crippen LogP contribution in [0.15, 0.2) is 45.6 Å². The normalized spacial score (nSPS) is 20.1. The largest absolute Gasteiger partial charge is 0.493 e. The van der Waals surface area contributed by atoms with Crippen molar-refractivity contribution in [3.63, 3.8) is 0 Å². The molecule has 0 saturated carbocycles. The van der Waals surface area contributed by atoms with Gasteiger partial charge in [-0.25, -0.2) is 4.39 Å². The number of ether oxygens (including phenoxy) is 3. The summed E-state index contributed by atoms with van der Waals surface area (Å²) in [6.45, 7) is 0.952. The third-order valence-electron chi connectivity index (χ3n) is 6.08. The Morgan fingerprint density at radius 2 is 1.91 bits per heavy atom. The van der Waals surface area contributed by atoms with Gasteiger partial charge in [-0.2, -0.15) is 0 Å². The molecule has 7 nitrogen and oxygen atoms in total. The van der Waals surface area contributed by atoms with Gasteiger partial charge in [-0.1, -0.05) is 6.07 Å². The Bertz CT molecular complexity index is 1260. The number of benzene rings is 2. The van der Waals surface area contributed by atoms with Gasteiger partial charge in [-0.05, 0) is 48.7 Å². The molecule has 0 spiro atoms. The van der Waals surface area contributed by atoms with Gasteiger partial charge in [-0.15, -0.1) is 0 Å². The highest BCUT2D eigenvalue weighted by Crippen LogP contribution is 2.41. The molecular weight excluding hydrogens is 417 g/mol. The lowest BCUT2D eigenvalue weighted by Gasteiger charge is -2.27. The van der Waals surface area contributed by atoms with Crippen LogP contribution in [-0.4, -0.2) is 44.3 Å². The van der Waals surface area contributed by atoms with E-state index in [0.29, 0.717) is 30.2 Å². The zero-order valence-electron chi connectivity index (χ0n) is 17.7. The molecule has 1 saturated heterocycles. The Labute approximate surface area is 183 Å². The van der Waals surface area contributed by atoms with E-state index in [9.17, 15) is 14.0 Å². The summed E-state index contributed by atoms with van der Waals surface area (Å²) in [6.07, 6.45) is 1.62. The fourth-order valence-electron chi connectivity index (χ4n) is 4.56. The highest BCUT2D eigenvalue weighted by atomic mass is 19.1. The van der Waals surface area contributed by atoms with Crippen molar-refractivity contribution in [3.05, 3.63) is 69.3 Å². The first-order valence-electron chi connectivity index (χ1n) is 10.4. The van der Waals surface area contributed by atoms with Crippen molar-refractivity contribution in [2.75, 3.05) is 27.4 Å². The first-order valence-corrected chi connectivity index (χ1v) is 10.4. The minimum atomic E-state index is -0.717. The Kier molecular flexibility index (Phi) is 5.09. The summed E-state index contributed by atoms with van der Waals surface area (Å²) in [5.41, 5.74) is 0.603. The average molecular weight is 439 g/mol. The molecule has 1 aromatic heterocycles. The van der Waals surface area contributed by atoms with Crippen LogP contribution in [0.1, 0.15) is 40.6 Å². The summed E-state index contributed by atoms with van der Waals surface area (Å²) in [5.74, 6) is 0.0386. The minimum absolute atomic E-state index is 0.0214. The summed E-state index contributed by atoms with van der Waals surface area (Å²) < 4.78 is 36.2. The molecule has 3 heterocycles. The molecule has 5 rings (SSSR count). The van der Waals surface area contributed by atoms with E-state index in [2.05, 4.69) is 0 Å². The van der Waals surface area contributed by atoms with Gasteiger partial charge in [0.2, 0.25) is 5.76 Å². The Hall–Kier alpha value is -3.39. The minimum Gasteiger partial charge on any atom is -0.493 e. The molecule has 2 aliphatic rings. The molecule has 32 heavy (non-hydrogen) atoms. The van der Waals surface area contributed by atoms with Gasteiger partial charge >= 0.3 is 0 Å². The number of methoxy groups -OCH3 is 2. The van der Waals surface area contributed by atoms with Gasteiger partial charge in [0.15, 0.2) is 16.9 Å². The number of nitrogens with zero attached hydrogens (tertiary/aromatic N) is 1. The van der Waals surface area contributed by atoms with Crippen molar-refractivity contribution in [1.29, 1.82) is 0 Å². The van der Waals surface area contributed by atoms with E-state index in [1.807, 2.05) is 0 Å². The predicted octanol–water partition coefficient (Wildman–Crippen LogP) is 3.67. The number of hydrogen-bond donors (Lipinski definition) is 0. The van der Waals surface area contributed by atoms with Crippen LogP contribution in [0.2, 0.25) is 0 Å². The molecular formula is C24H22FNO6. The Balaban J connectivity index is 1.71. The first-order chi connectivity index (χ1) is 15.5. The maximum atomic E-state index is 13.9. The average Bonchev–Trinajstić information content (AvgIpc) is 3.41. The zero-order valence-corrected chi connectivity index (χ0v) is 17.7. The van der Waals surface area contributed by atoms with Gasteiger partial charge in [-0.3, -0.25) is 9.59 Å². The van der Waals surface area contributed by atoms with Gasteiger partial charge < -0.3 is 23.5 Å². The van der Waals surface area contributed by atoms with Crippen LogP contribution in [0, 0.1) is 5.82 Å². The van der Waals surface area contributed by atoms with Crippen molar-refractivity contribution in [2.45, 2.75) is 25.0 Å². The SMILES string of the molecule is COc1ccc(C2c3c(oc4ccc(F)cc4c3=O)C(=O)N2CC2CCCO2)cc1OC. The van der Waals surface area contributed by atoms with Gasteiger partial charge in [0.25, 0.3) is 5.91 Å². The molecule has 0 bridgehead atoms. The van der Waals surface area contributed by atoms with Crippen LogP contribution >= 0.6 is 0 Å². The molecule has 8 heteroatoms. The second-order valence-corrected chi connectivity index (χ2v) is 7.92. The smallest absolute Gasteiger partial charge is 0.291 e. The molecule has 3 aromatic rings. The molecule has 0 radical (unpaired) electrons. The fraction of sp³-hybridized carbons (Fsp3) is 0.333. The number of rotatable bonds is 5. The van der Waals surface area contributed by atoms with Gasteiger partial charge in [0, 0.05) is 13.2 Å². The van der Waals surface area contributed by atoms with Gasteiger partial charge in [0.1, 0.15) is 11.4 Å². The highest BCUT2D eigenvalue weighted by molar-refractivity contribution is 5.99. The Morgan fingerprint density at radius 3 is 2.62 bits per heavy atom. The van der Waals surface area contributed by atoms with Crippen LogP contribution < -0.4 is 14.9 Å². The molecule has 2 atom stereocenters. The van der Waals surface area contributed by atoms with Crippen molar-refractivity contribution >= 4 is 16.9 Å². The van der Waals surface area contributed by atoms with Crippen molar-refractivity contribution in [2.24, 2.45) is 0 Å². The van der Waals surface area contributed by atoms with E-state index in [-0.39, 0.29) is 28.4 Å². The van der Waals surface area contributed by atoms with Crippen molar-refractivity contribution in [1.82, 2.24) is 4.90 Å². The van der Waals surface area contributed by atoms with E-state index < -0.39 is 23.2 Å². The summed E-state index contributed by atoms with van der Waals surface area (Å²) in [4.78, 5) is 28.5. The van der Waals surface area contributed by atoms with Crippen LogP contribution in [0.5, 0.6) is 11.5 Å². The Morgan fingerprint density at radius 1 is 1.09 bits per heavy atom. The highest BCUT2D eigenvalue weighted by Gasteiger charge is 2.44. The predicted molar refractivity (Wildman–Crippen MR) is 114 cm³/mol. The number of amides is 1. The second-order valence-electron chi connectivity index (χ2n) is 7.92. The molecule has 2 unspecified atom stereocenters. The number of fused-ring (bicyclic) bond motifs is 2. The molecule has 2 aliphatic heterocycles. The van der Waals surface area contributed by atoms with Crippen LogP contribution in [0.3, 0.4) is 0 Å². The third kappa shape index (κ3) is 3.22. The number of carbonyl (C=O) groups is 1. The maximum absolute atomic E-state index is 13.9. The number of hydrogen-bond acceptors (Lipinski definition) is 6. The van der Waals surface area contributed by atoms with Crippen molar-refractivity contribution in [3.8, 4) is 11.5 Å². The quantitative estimate of drug-likeness (QED) is 0.604. The third-order valence-corrected chi connectivity index (χ3v) is 6.08. The summed E-state index contributed by atoms with van der Waals surface area (Å²) in [7, 11) is 3.05. The molecule has 0 aliphatic carbocycles. The maximum Gasteiger partial charge on any atom is 0.291 e. The summed E-state index contributed by atoms with van der Waals surface area (Å²) in [6, 6.07) is 8.24. The van der Waals surface area contributed by atoms with E-state index >= 15 is 0 Å². The number of carbonyl (C=O) groups excluding carboxylic acids is 1. The molecule has 2 aromatic carbocycles. The lowest BCUT2D eigenvalue weighted by molar-refractivity contribution is 0.0486. The first kappa shape index (κ1) is 20.5. The lowest BCUT2D eigenvalue weighted by Crippen LogP contribution is -2.36. The molecule has 1 amide bonds. The van der Waals surface area contributed by atoms with E-state index in [1.165, 1.54) is 26.4 Å². The molecule has 166 valence electrons. The summed E-state index contributed by atoms with van der Waals surface area (Å²) >= 11 is 0. The van der Waals surface area contributed by atoms with Crippen LogP contribution in [0.25, 0.3) is 11.0 Å². The van der Waals surface area contributed by atoms with Gasteiger partial charge in [0.05, 0.1) is 37.3 Å². The zero-order chi connectivity index (χ0) is 22.4. The lowest BCUT2D eigenvalue weighted by atomic mass is 9.97. The van der Waals surface area contributed by atoms with E-state index in [0.717, 1.165) is 18.9 Å². The topological polar surface area (TPSA) is 78.2 Å². The molecule has 0 N–H and O–H groups in total. The fourth-order valence-corrected chi connectivity index (χ4v) is 4.56. The van der Waals surface area contributed by atoms with E-state index in [4.69, 9.17) is 18.6 Å². The standard InChI is InChI=1S/C24H22FNO6/c1-29-18-7-5-13(10-19(18)30-2)21-20-22(27)16-11-14(25)6-8-17(16)32-23(20)24(28)26(21)12-15-4-3-9-31-15/h5-8,10-11,15,21H,3-4,9,12H2,1-2H3. The molecule has 1 fully saturated rings. The summed E-state index contributed by atoms with van der Waals surface area (Å²) in [5, 5.41) is 0.0981. The van der Waals surface area contributed by atoms with E-state index in [1.54, 1.807) is 23.1 Å². The van der Waals surface area contributed by atoms with Crippen LogP contribution in [-0.2, 0) is 4.74 Å². The van der Waals surface area contributed by atoms with Crippen LogP contribution in [0.4, 0.5) is 4.39 Å².